The Morgan fingerprint density at radius 1 is 1.53 bits per heavy atom. The molecular weight excluding hydrogens is 219 g/mol. The molecule has 17 heavy (non-hydrogen) atoms. The molecule has 0 saturated carbocycles. The predicted molar refractivity (Wildman–Crippen MR) is 65.0 cm³/mol. The molecule has 0 atom stereocenters. The van der Waals surface area contributed by atoms with Gasteiger partial charge in [0.15, 0.2) is 0 Å². The SMILES string of the molecule is CCN(C)C(=O)c1ccc(C#CCN)cc1F. The number of carbonyl (C=O) groups is 1. The maximum Gasteiger partial charge on any atom is 0.256 e. The Bertz CT molecular complexity index is 474. The fourth-order valence-corrected chi connectivity index (χ4v) is 1.27. The highest BCUT2D eigenvalue weighted by Gasteiger charge is 2.14. The van der Waals surface area contributed by atoms with E-state index in [4.69, 9.17) is 5.73 Å². The van der Waals surface area contributed by atoms with Crippen LogP contribution in [-0.4, -0.2) is 30.9 Å². The van der Waals surface area contributed by atoms with Gasteiger partial charge in [-0.05, 0) is 25.1 Å². The molecule has 1 aromatic rings. The average molecular weight is 234 g/mol. The summed E-state index contributed by atoms with van der Waals surface area (Å²) in [7, 11) is 1.63. The average Bonchev–Trinajstić information content (AvgIpc) is 2.34. The highest BCUT2D eigenvalue weighted by molar-refractivity contribution is 5.94. The van der Waals surface area contributed by atoms with E-state index >= 15 is 0 Å². The quantitative estimate of drug-likeness (QED) is 0.782. The van der Waals surface area contributed by atoms with Crippen LogP contribution in [0.3, 0.4) is 0 Å². The summed E-state index contributed by atoms with van der Waals surface area (Å²) in [4.78, 5) is 13.2. The van der Waals surface area contributed by atoms with Crippen LogP contribution >= 0.6 is 0 Å². The largest absolute Gasteiger partial charge is 0.342 e. The Labute approximate surface area is 100 Å². The molecule has 4 heteroatoms. The lowest BCUT2D eigenvalue weighted by Crippen LogP contribution is -2.27. The summed E-state index contributed by atoms with van der Waals surface area (Å²) in [5, 5.41) is 0. The van der Waals surface area contributed by atoms with E-state index in [1.807, 2.05) is 6.92 Å². The Balaban J connectivity index is 3.01. The lowest BCUT2D eigenvalue weighted by atomic mass is 10.1. The van der Waals surface area contributed by atoms with E-state index in [1.165, 1.54) is 17.0 Å². The number of benzene rings is 1. The van der Waals surface area contributed by atoms with Crippen LogP contribution in [0.15, 0.2) is 18.2 Å². The number of amides is 1. The predicted octanol–water partition coefficient (Wildman–Crippen LogP) is 1.23. The zero-order valence-electron chi connectivity index (χ0n) is 9.96. The normalized spacial score (nSPS) is 9.41. The van der Waals surface area contributed by atoms with Crippen LogP contribution in [0, 0.1) is 17.7 Å². The van der Waals surface area contributed by atoms with E-state index in [0.29, 0.717) is 12.1 Å². The van der Waals surface area contributed by atoms with Crippen molar-refractivity contribution in [3.8, 4) is 11.8 Å². The molecule has 0 radical (unpaired) electrons. The molecule has 1 amide bonds. The lowest BCUT2D eigenvalue weighted by Gasteiger charge is -2.14. The summed E-state index contributed by atoms with van der Waals surface area (Å²) in [6.07, 6.45) is 0. The minimum Gasteiger partial charge on any atom is -0.342 e. The van der Waals surface area contributed by atoms with Crippen molar-refractivity contribution in [1.82, 2.24) is 4.90 Å². The summed E-state index contributed by atoms with van der Waals surface area (Å²) in [5.74, 6) is 4.46. The van der Waals surface area contributed by atoms with Crippen LogP contribution in [0.2, 0.25) is 0 Å². The van der Waals surface area contributed by atoms with E-state index in [-0.39, 0.29) is 18.0 Å². The number of hydrogen-bond donors (Lipinski definition) is 1. The molecule has 0 heterocycles. The van der Waals surface area contributed by atoms with Crippen LogP contribution in [0.25, 0.3) is 0 Å². The number of hydrogen-bond acceptors (Lipinski definition) is 2. The van der Waals surface area contributed by atoms with Crippen LogP contribution < -0.4 is 5.73 Å². The maximum absolute atomic E-state index is 13.7. The molecule has 0 spiro atoms. The second-order valence-corrected chi connectivity index (χ2v) is 3.52. The van der Waals surface area contributed by atoms with Gasteiger partial charge in [0.05, 0.1) is 12.1 Å². The first-order chi connectivity index (χ1) is 8.10. The molecule has 0 saturated heterocycles. The highest BCUT2D eigenvalue weighted by Crippen LogP contribution is 2.12. The van der Waals surface area contributed by atoms with E-state index in [1.54, 1.807) is 13.1 Å². The van der Waals surface area contributed by atoms with Gasteiger partial charge in [0, 0.05) is 19.2 Å². The molecule has 0 aromatic heterocycles. The highest BCUT2D eigenvalue weighted by atomic mass is 19.1. The molecule has 0 bridgehead atoms. The topological polar surface area (TPSA) is 46.3 Å². The van der Waals surface area contributed by atoms with Crippen molar-refractivity contribution in [3.05, 3.63) is 35.1 Å². The second kappa shape index (κ2) is 6.02. The Hall–Kier alpha value is -1.86. The Morgan fingerprint density at radius 3 is 2.76 bits per heavy atom. The van der Waals surface area contributed by atoms with Gasteiger partial charge in [0.25, 0.3) is 5.91 Å². The van der Waals surface area contributed by atoms with Crippen molar-refractivity contribution < 1.29 is 9.18 Å². The van der Waals surface area contributed by atoms with Gasteiger partial charge in [-0.2, -0.15) is 0 Å². The van der Waals surface area contributed by atoms with Gasteiger partial charge in [-0.25, -0.2) is 4.39 Å². The van der Waals surface area contributed by atoms with Gasteiger partial charge in [-0.1, -0.05) is 11.8 Å². The molecule has 0 aliphatic rings. The molecule has 1 rings (SSSR count). The Morgan fingerprint density at radius 2 is 2.24 bits per heavy atom. The molecule has 0 aliphatic heterocycles. The number of rotatable bonds is 2. The van der Waals surface area contributed by atoms with E-state index in [9.17, 15) is 9.18 Å². The van der Waals surface area contributed by atoms with Crippen molar-refractivity contribution in [2.24, 2.45) is 5.73 Å². The summed E-state index contributed by atoms with van der Waals surface area (Å²) in [6.45, 7) is 2.59. The zero-order valence-corrected chi connectivity index (χ0v) is 9.96. The summed E-state index contributed by atoms with van der Waals surface area (Å²) in [6, 6.07) is 4.31. The van der Waals surface area contributed by atoms with Crippen LogP contribution in [0.5, 0.6) is 0 Å². The molecule has 2 N–H and O–H groups in total. The van der Waals surface area contributed by atoms with Gasteiger partial charge in [-0.15, -0.1) is 0 Å². The zero-order chi connectivity index (χ0) is 12.8. The van der Waals surface area contributed by atoms with E-state index in [0.717, 1.165) is 0 Å². The van der Waals surface area contributed by atoms with Crippen LogP contribution in [0.1, 0.15) is 22.8 Å². The van der Waals surface area contributed by atoms with Gasteiger partial charge in [-0.3, -0.25) is 4.79 Å². The smallest absolute Gasteiger partial charge is 0.256 e. The molecule has 0 aliphatic carbocycles. The monoisotopic (exact) mass is 234 g/mol. The molecule has 90 valence electrons. The lowest BCUT2D eigenvalue weighted by molar-refractivity contribution is 0.0798. The van der Waals surface area contributed by atoms with Crippen molar-refractivity contribution in [2.75, 3.05) is 20.1 Å². The first kappa shape index (κ1) is 13.2. The molecule has 0 fully saturated rings. The molecule has 0 unspecified atom stereocenters. The van der Waals surface area contributed by atoms with Gasteiger partial charge in [0.2, 0.25) is 0 Å². The number of nitrogens with zero attached hydrogens (tertiary/aromatic N) is 1. The van der Waals surface area contributed by atoms with Crippen molar-refractivity contribution >= 4 is 5.91 Å². The molecular formula is C13H15FN2O. The summed E-state index contributed by atoms with van der Waals surface area (Å²) in [5.41, 5.74) is 5.80. The maximum atomic E-state index is 13.7. The van der Waals surface area contributed by atoms with Crippen molar-refractivity contribution in [2.45, 2.75) is 6.92 Å². The minimum absolute atomic E-state index is 0.0626. The van der Waals surface area contributed by atoms with Crippen molar-refractivity contribution in [1.29, 1.82) is 0 Å². The van der Waals surface area contributed by atoms with E-state index in [2.05, 4.69) is 11.8 Å². The Kier molecular flexibility index (Phi) is 4.68. The second-order valence-electron chi connectivity index (χ2n) is 3.52. The van der Waals surface area contributed by atoms with Crippen LogP contribution in [-0.2, 0) is 0 Å². The number of halogens is 1. The minimum atomic E-state index is -0.556. The molecule has 3 nitrogen and oxygen atoms in total. The fourth-order valence-electron chi connectivity index (χ4n) is 1.27. The van der Waals surface area contributed by atoms with Crippen molar-refractivity contribution in [3.63, 3.8) is 0 Å². The number of carbonyl (C=O) groups excluding carboxylic acids is 1. The summed E-state index contributed by atoms with van der Waals surface area (Å²) < 4.78 is 13.7. The first-order valence-electron chi connectivity index (χ1n) is 5.34. The fraction of sp³-hybridized carbons (Fsp3) is 0.308. The standard InChI is InChI=1S/C13H15FN2O/c1-3-16(2)13(17)11-7-6-10(5-4-8-15)9-12(11)14/h6-7,9H,3,8,15H2,1-2H3. The number of nitrogens with two attached hydrogens (primary N) is 1. The summed E-state index contributed by atoms with van der Waals surface area (Å²) >= 11 is 0. The third-order valence-electron chi connectivity index (χ3n) is 2.36. The van der Waals surface area contributed by atoms with Gasteiger partial charge >= 0.3 is 0 Å². The van der Waals surface area contributed by atoms with Gasteiger partial charge in [0.1, 0.15) is 5.82 Å². The third-order valence-corrected chi connectivity index (χ3v) is 2.36. The first-order valence-corrected chi connectivity index (χ1v) is 5.34. The third kappa shape index (κ3) is 3.30. The van der Waals surface area contributed by atoms with E-state index < -0.39 is 5.82 Å². The molecule has 1 aromatic carbocycles. The van der Waals surface area contributed by atoms with Gasteiger partial charge < -0.3 is 10.6 Å². The van der Waals surface area contributed by atoms with Crippen LogP contribution in [0.4, 0.5) is 4.39 Å².